The molecule has 0 atom stereocenters. The van der Waals surface area contributed by atoms with E-state index in [4.69, 9.17) is 4.42 Å². The van der Waals surface area contributed by atoms with Crippen LogP contribution in [0.15, 0.2) is 33.7 Å². The Kier molecular flexibility index (Phi) is 2.82. The number of rotatable bonds is 1. The summed E-state index contributed by atoms with van der Waals surface area (Å²) in [5.41, 5.74) is 1.70. The Morgan fingerprint density at radius 3 is 3.00 bits per heavy atom. The van der Waals surface area contributed by atoms with E-state index in [0.717, 1.165) is 24.0 Å². The summed E-state index contributed by atoms with van der Waals surface area (Å²) in [6.07, 6.45) is 9.39. The van der Waals surface area contributed by atoms with E-state index in [2.05, 4.69) is 6.08 Å². The molecule has 2 heteroatoms. The second-order valence-corrected chi connectivity index (χ2v) is 3.64. The molecule has 2 rings (SSSR count). The zero-order valence-corrected chi connectivity index (χ0v) is 8.16. The Labute approximate surface area is 83.3 Å². The monoisotopic (exact) mass is 190 g/mol. The van der Waals surface area contributed by atoms with Crippen molar-refractivity contribution < 1.29 is 4.42 Å². The van der Waals surface area contributed by atoms with Crippen LogP contribution in [0.1, 0.15) is 37.7 Å². The summed E-state index contributed by atoms with van der Waals surface area (Å²) in [7, 11) is 0. The van der Waals surface area contributed by atoms with Crippen molar-refractivity contribution in [1.29, 1.82) is 0 Å². The fourth-order valence-electron chi connectivity index (χ4n) is 1.87. The van der Waals surface area contributed by atoms with Crippen LogP contribution in [-0.4, -0.2) is 0 Å². The Morgan fingerprint density at radius 2 is 2.14 bits per heavy atom. The second-order valence-electron chi connectivity index (χ2n) is 3.64. The molecule has 1 heterocycles. The Hall–Kier alpha value is -1.31. The van der Waals surface area contributed by atoms with Gasteiger partial charge in [-0.3, -0.25) is 0 Å². The van der Waals surface area contributed by atoms with Gasteiger partial charge < -0.3 is 4.42 Å². The highest BCUT2D eigenvalue weighted by Gasteiger charge is 2.08. The molecule has 1 aliphatic carbocycles. The fraction of sp³-hybridized carbons (Fsp3) is 0.417. The van der Waals surface area contributed by atoms with Crippen molar-refractivity contribution >= 4 is 5.57 Å². The minimum Gasteiger partial charge on any atom is -0.431 e. The molecule has 2 nitrogen and oxygen atoms in total. The third kappa shape index (κ3) is 1.95. The van der Waals surface area contributed by atoms with Crippen molar-refractivity contribution in [2.24, 2.45) is 0 Å². The van der Waals surface area contributed by atoms with Crippen molar-refractivity contribution in [3.05, 3.63) is 40.5 Å². The number of allylic oxidation sites excluding steroid dienone is 2. The van der Waals surface area contributed by atoms with Gasteiger partial charge in [-0.1, -0.05) is 12.5 Å². The number of hydrogen-bond acceptors (Lipinski definition) is 2. The minimum atomic E-state index is -0.208. The van der Waals surface area contributed by atoms with Gasteiger partial charge in [0.1, 0.15) is 0 Å². The molecule has 0 amide bonds. The van der Waals surface area contributed by atoms with Crippen LogP contribution in [0, 0.1) is 0 Å². The van der Waals surface area contributed by atoms with E-state index in [1.807, 2.05) is 6.07 Å². The van der Waals surface area contributed by atoms with E-state index in [-0.39, 0.29) is 5.63 Å². The van der Waals surface area contributed by atoms with Crippen LogP contribution < -0.4 is 5.63 Å². The van der Waals surface area contributed by atoms with E-state index in [1.54, 1.807) is 6.07 Å². The summed E-state index contributed by atoms with van der Waals surface area (Å²) in [5, 5.41) is 0. The SMILES string of the molecule is O=c1occcc1C1=CCCCCC1. The summed E-state index contributed by atoms with van der Waals surface area (Å²) >= 11 is 0. The van der Waals surface area contributed by atoms with Gasteiger partial charge in [0.2, 0.25) is 0 Å². The maximum absolute atomic E-state index is 11.4. The smallest absolute Gasteiger partial charge is 0.343 e. The average molecular weight is 190 g/mol. The quantitative estimate of drug-likeness (QED) is 0.681. The fourth-order valence-corrected chi connectivity index (χ4v) is 1.87. The van der Waals surface area contributed by atoms with Crippen LogP contribution in [0.3, 0.4) is 0 Å². The van der Waals surface area contributed by atoms with Crippen LogP contribution in [0.5, 0.6) is 0 Å². The zero-order chi connectivity index (χ0) is 9.80. The van der Waals surface area contributed by atoms with Crippen LogP contribution in [0.25, 0.3) is 5.57 Å². The van der Waals surface area contributed by atoms with E-state index >= 15 is 0 Å². The maximum atomic E-state index is 11.4. The van der Waals surface area contributed by atoms with E-state index in [9.17, 15) is 4.79 Å². The molecular weight excluding hydrogens is 176 g/mol. The Morgan fingerprint density at radius 1 is 1.21 bits per heavy atom. The van der Waals surface area contributed by atoms with Crippen molar-refractivity contribution in [3.63, 3.8) is 0 Å². The van der Waals surface area contributed by atoms with Gasteiger partial charge in [-0.2, -0.15) is 0 Å². The highest BCUT2D eigenvalue weighted by atomic mass is 16.4. The molecule has 0 aromatic carbocycles. The van der Waals surface area contributed by atoms with E-state index < -0.39 is 0 Å². The molecule has 1 aromatic rings. The van der Waals surface area contributed by atoms with Gasteiger partial charge in [-0.25, -0.2) is 4.79 Å². The Bertz CT molecular complexity index is 387. The van der Waals surface area contributed by atoms with Crippen LogP contribution in [-0.2, 0) is 0 Å². The summed E-state index contributed by atoms with van der Waals surface area (Å²) in [6, 6.07) is 3.63. The lowest BCUT2D eigenvalue weighted by atomic mass is 10.0. The standard InChI is InChI=1S/C12H14O2/c13-12-11(8-5-9-14-12)10-6-3-1-2-4-7-10/h5-6,8-9H,1-4,7H2. The lowest BCUT2D eigenvalue weighted by Crippen LogP contribution is -2.04. The van der Waals surface area contributed by atoms with Gasteiger partial charge >= 0.3 is 5.63 Å². The Balaban J connectivity index is 2.34. The molecular formula is C12H14O2. The summed E-state index contributed by atoms with van der Waals surface area (Å²) in [5.74, 6) is 0. The highest BCUT2D eigenvalue weighted by molar-refractivity contribution is 5.64. The lowest BCUT2D eigenvalue weighted by molar-refractivity contribution is 0.508. The molecule has 0 saturated carbocycles. The molecule has 1 aliphatic rings. The first-order valence-electron chi connectivity index (χ1n) is 5.15. The third-order valence-corrected chi connectivity index (χ3v) is 2.62. The van der Waals surface area contributed by atoms with Gasteiger partial charge in [0.05, 0.1) is 11.8 Å². The summed E-state index contributed by atoms with van der Waals surface area (Å²) in [4.78, 5) is 11.4. The molecule has 0 fully saturated rings. The maximum Gasteiger partial charge on any atom is 0.343 e. The van der Waals surface area contributed by atoms with Gasteiger partial charge in [0.25, 0.3) is 0 Å². The van der Waals surface area contributed by atoms with Gasteiger partial charge in [-0.15, -0.1) is 0 Å². The molecule has 0 unspecified atom stereocenters. The molecule has 0 bridgehead atoms. The van der Waals surface area contributed by atoms with Crippen LogP contribution in [0.4, 0.5) is 0 Å². The van der Waals surface area contributed by atoms with Crippen molar-refractivity contribution in [1.82, 2.24) is 0 Å². The zero-order valence-electron chi connectivity index (χ0n) is 8.16. The van der Waals surface area contributed by atoms with Crippen molar-refractivity contribution in [2.75, 3.05) is 0 Å². The molecule has 0 aliphatic heterocycles. The first-order valence-corrected chi connectivity index (χ1v) is 5.15. The minimum absolute atomic E-state index is 0.208. The van der Waals surface area contributed by atoms with Crippen molar-refractivity contribution in [2.45, 2.75) is 32.1 Å². The average Bonchev–Trinajstić information content (AvgIpc) is 2.47. The van der Waals surface area contributed by atoms with Gasteiger partial charge in [0.15, 0.2) is 0 Å². The first kappa shape index (κ1) is 9.25. The predicted octanol–water partition coefficient (Wildman–Crippen LogP) is 2.99. The molecule has 14 heavy (non-hydrogen) atoms. The van der Waals surface area contributed by atoms with Gasteiger partial charge in [0, 0.05) is 0 Å². The molecule has 0 saturated heterocycles. The van der Waals surface area contributed by atoms with E-state index in [0.29, 0.717) is 0 Å². The number of hydrogen-bond donors (Lipinski definition) is 0. The summed E-state index contributed by atoms with van der Waals surface area (Å²) in [6.45, 7) is 0. The van der Waals surface area contributed by atoms with E-state index in [1.165, 1.54) is 25.5 Å². The largest absolute Gasteiger partial charge is 0.431 e. The molecule has 0 N–H and O–H groups in total. The predicted molar refractivity (Wildman–Crippen MR) is 56.0 cm³/mol. The summed E-state index contributed by atoms with van der Waals surface area (Å²) < 4.78 is 4.86. The molecule has 1 aromatic heterocycles. The lowest BCUT2D eigenvalue weighted by Gasteiger charge is -2.02. The van der Waals surface area contributed by atoms with Gasteiger partial charge in [-0.05, 0) is 43.4 Å². The van der Waals surface area contributed by atoms with Crippen LogP contribution in [0.2, 0.25) is 0 Å². The normalized spacial score (nSPS) is 17.3. The highest BCUT2D eigenvalue weighted by Crippen LogP contribution is 2.23. The van der Waals surface area contributed by atoms with Crippen LogP contribution >= 0.6 is 0 Å². The van der Waals surface area contributed by atoms with Crippen molar-refractivity contribution in [3.8, 4) is 0 Å². The third-order valence-electron chi connectivity index (χ3n) is 2.62. The first-order chi connectivity index (χ1) is 6.88. The molecule has 0 spiro atoms. The molecule has 74 valence electrons. The topological polar surface area (TPSA) is 30.2 Å². The second kappa shape index (κ2) is 4.27. The molecule has 0 radical (unpaired) electrons.